The molecule has 0 unspecified atom stereocenters. The number of rotatable bonds is 2. The average molecular weight is 206 g/mol. The Bertz CT molecular complexity index is 448. The molecule has 0 amide bonds. The second-order valence-electron chi connectivity index (χ2n) is 2.94. The van der Waals surface area contributed by atoms with E-state index in [-0.39, 0.29) is 0 Å². The second-order valence-corrected chi connectivity index (χ2v) is 3.35. The Morgan fingerprint density at radius 2 is 2.14 bits per heavy atom. The monoisotopic (exact) mass is 205 g/mol. The smallest absolute Gasteiger partial charge is 0.150 e. The van der Waals surface area contributed by atoms with Crippen LogP contribution in [0, 0.1) is 0 Å². The number of nitrogens with one attached hydrogen (secondary N) is 1. The number of hydrogen-bond donors (Lipinski definition) is 1. The molecule has 0 bridgehead atoms. The van der Waals surface area contributed by atoms with Gasteiger partial charge in [-0.3, -0.25) is 4.79 Å². The summed E-state index contributed by atoms with van der Waals surface area (Å²) in [6.45, 7) is 0. The maximum atomic E-state index is 10.5. The molecule has 0 spiro atoms. The van der Waals surface area contributed by atoms with E-state index in [0.29, 0.717) is 10.6 Å². The molecular weight excluding hydrogens is 198 g/mol. The van der Waals surface area contributed by atoms with Gasteiger partial charge in [0.1, 0.15) is 6.29 Å². The van der Waals surface area contributed by atoms with Crippen LogP contribution in [0.15, 0.2) is 36.5 Å². The Balaban J connectivity index is 2.51. The van der Waals surface area contributed by atoms with E-state index in [4.69, 9.17) is 11.6 Å². The van der Waals surface area contributed by atoms with Crippen LogP contribution in [0.25, 0.3) is 11.3 Å². The SMILES string of the molecule is O=Cc1ccc(-c2ccc[nH]2)c(Cl)c1. The van der Waals surface area contributed by atoms with Crippen LogP contribution in [0.1, 0.15) is 10.4 Å². The van der Waals surface area contributed by atoms with Crippen molar-refractivity contribution >= 4 is 17.9 Å². The van der Waals surface area contributed by atoms with Gasteiger partial charge in [-0.25, -0.2) is 0 Å². The molecule has 0 aliphatic heterocycles. The lowest BCUT2D eigenvalue weighted by atomic mass is 10.1. The lowest BCUT2D eigenvalue weighted by molar-refractivity contribution is 0.112. The fourth-order valence-electron chi connectivity index (χ4n) is 1.32. The van der Waals surface area contributed by atoms with Crippen molar-refractivity contribution in [3.8, 4) is 11.3 Å². The van der Waals surface area contributed by atoms with E-state index < -0.39 is 0 Å². The van der Waals surface area contributed by atoms with Crippen molar-refractivity contribution in [1.82, 2.24) is 4.98 Å². The average Bonchev–Trinajstić information content (AvgIpc) is 2.70. The molecule has 2 aromatic rings. The van der Waals surface area contributed by atoms with Gasteiger partial charge in [0.2, 0.25) is 0 Å². The number of carbonyl (C=O) groups excluding carboxylic acids is 1. The van der Waals surface area contributed by atoms with Crippen molar-refractivity contribution in [2.75, 3.05) is 0 Å². The van der Waals surface area contributed by atoms with Gasteiger partial charge in [0.15, 0.2) is 0 Å². The first-order chi connectivity index (χ1) is 6.81. The Kier molecular flexibility index (Phi) is 2.37. The molecule has 0 aliphatic rings. The molecular formula is C11H8ClNO. The Hall–Kier alpha value is -1.54. The van der Waals surface area contributed by atoms with Crippen LogP contribution < -0.4 is 0 Å². The molecule has 0 radical (unpaired) electrons. The van der Waals surface area contributed by atoms with Crippen LogP contribution in [-0.4, -0.2) is 11.3 Å². The number of benzene rings is 1. The number of hydrogen-bond acceptors (Lipinski definition) is 1. The Labute approximate surface area is 86.5 Å². The van der Waals surface area contributed by atoms with Crippen LogP contribution >= 0.6 is 11.6 Å². The molecule has 2 rings (SSSR count). The van der Waals surface area contributed by atoms with Gasteiger partial charge in [0.25, 0.3) is 0 Å². The van der Waals surface area contributed by atoms with Crippen LogP contribution in [0.5, 0.6) is 0 Å². The third-order valence-electron chi connectivity index (χ3n) is 2.02. The van der Waals surface area contributed by atoms with E-state index in [0.717, 1.165) is 17.5 Å². The van der Waals surface area contributed by atoms with Crippen molar-refractivity contribution in [3.05, 3.63) is 47.1 Å². The molecule has 14 heavy (non-hydrogen) atoms. The van der Waals surface area contributed by atoms with Gasteiger partial charge >= 0.3 is 0 Å². The zero-order valence-corrected chi connectivity index (χ0v) is 8.08. The fraction of sp³-hybridized carbons (Fsp3) is 0. The number of aromatic amines is 1. The first-order valence-electron chi connectivity index (χ1n) is 4.20. The lowest BCUT2D eigenvalue weighted by Crippen LogP contribution is -1.83. The summed E-state index contributed by atoms with van der Waals surface area (Å²) in [5, 5.41) is 0.581. The van der Waals surface area contributed by atoms with Crippen molar-refractivity contribution in [1.29, 1.82) is 0 Å². The Morgan fingerprint density at radius 3 is 2.71 bits per heavy atom. The molecule has 0 saturated heterocycles. The predicted octanol–water partition coefficient (Wildman–Crippen LogP) is 3.15. The number of halogens is 1. The maximum Gasteiger partial charge on any atom is 0.150 e. The minimum atomic E-state index is 0.581. The van der Waals surface area contributed by atoms with Crippen molar-refractivity contribution in [2.45, 2.75) is 0 Å². The molecule has 0 fully saturated rings. The van der Waals surface area contributed by atoms with Crippen molar-refractivity contribution in [2.24, 2.45) is 0 Å². The summed E-state index contributed by atoms with van der Waals surface area (Å²) in [6.07, 6.45) is 2.61. The third kappa shape index (κ3) is 1.56. The van der Waals surface area contributed by atoms with E-state index in [2.05, 4.69) is 4.98 Å². The lowest BCUT2D eigenvalue weighted by Gasteiger charge is -2.01. The van der Waals surface area contributed by atoms with Crippen LogP contribution in [-0.2, 0) is 0 Å². The van der Waals surface area contributed by atoms with Gasteiger partial charge in [-0.1, -0.05) is 23.7 Å². The van der Waals surface area contributed by atoms with E-state index in [1.807, 2.05) is 24.4 Å². The summed E-state index contributed by atoms with van der Waals surface area (Å²) in [6, 6.07) is 9.07. The predicted molar refractivity (Wildman–Crippen MR) is 56.6 cm³/mol. The molecule has 0 atom stereocenters. The molecule has 1 heterocycles. The topological polar surface area (TPSA) is 32.9 Å². The normalized spacial score (nSPS) is 10.1. The molecule has 0 aliphatic carbocycles. The van der Waals surface area contributed by atoms with E-state index >= 15 is 0 Å². The molecule has 0 saturated carbocycles. The minimum Gasteiger partial charge on any atom is -0.361 e. The van der Waals surface area contributed by atoms with E-state index in [9.17, 15) is 4.79 Å². The number of aldehydes is 1. The van der Waals surface area contributed by atoms with Gasteiger partial charge in [-0.05, 0) is 18.2 Å². The van der Waals surface area contributed by atoms with Crippen LogP contribution in [0.2, 0.25) is 5.02 Å². The quantitative estimate of drug-likeness (QED) is 0.751. The molecule has 1 aromatic heterocycles. The summed E-state index contributed by atoms with van der Waals surface area (Å²) >= 11 is 6.02. The highest BCUT2D eigenvalue weighted by Crippen LogP contribution is 2.26. The summed E-state index contributed by atoms with van der Waals surface area (Å²) in [7, 11) is 0. The van der Waals surface area contributed by atoms with Crippen molar-refractivity contribution < 1.29 is 4.79 Å². The summed E-state index contributed by atoms with van der Waals surface area (Å²) in [4.78, 5) is 13.5. The molecule has 1 aromatic carbocycles. The summed E-state index contributed by atoms with van der Waals surface area (Å²) in [5.74, 6) is 0. The second kappa shape index (κ2) is 3.68. The van der Waals surface area contributed by atoms with Gasteiger partial charge < -0.3 is 4.98 Å². The highest BCUT2D eigenvalue weighted by molar-refractivity contribution is 6.33. The molecule has 3 heteroatoms. The van der Waals surface area contributed by atoms with Crippen LogP contribution in [0.3, 0.4) is 0 Å². The first kappa shape index (κ1) is 9.03. The van der Waals surface area contributed by atoms with E-state index in [1.54, 1.807) is 12.1 Å². The zero-order valence-electron chi connectivity index (χ0n) is 7.33. The van der Waals surface area contributed by atoms with E-state index in [1.165, 1.54) is 0 Å². The largest absolute Gasteiger partial charge is 0.361 e. The first-order valence-corrected chi connectivity index (χ1v) is 4.57. The standard InChI is InChI=1S/C11H8ClNO/c12-10-6-8(7-14)3-4-9(10)11-2-1-5-13-11/h1-7,13H. The van der Waals surface area contributed by atoms with Gasteiger partial charge in [0, 0.05) is 23.0 Å². The highest BCUT2D eigenvalue weighted by Gasteiger charge is 2.04. The van der Waals surface area contributed by atoms with Gasteiger partial charge in [0.05, 0.1) is 5.02 Å². The minimum absolute atomic E-state index is 0.581. The number of carbonyl (C=O) groups is 1. The number of H-pyrrole nitrogens is 1. The van der Waals surface area contributed by atoms with Gasteiger partial charge in [-0.2, -0.15) is 0 Å². The summed E-state index contributed by atoms with van der Waals surface area (Å²) < 4.78 is 0. The zero-order chi connectivity index (χ0) is 9.97. The molecule has 70 valence electrons. The fourth-order valence-corrected chi connectivity index (χ4v) is 1.61. The Morgan fingerprint density at radius 1 is 1.29 bits per heavy atom. The molecule has 2 nitrogen and oxygen atoms in total. The number of aromatic nitrogens is 1. The maximum absolute atomic E-state index is 10.5. The third-order valence-corrected chi connectivity index (χ3v) is 2.33. The van der Waals surface area contributed by atoms with Crippen molar-refractivity contribution in [3.63, 3.8) is 0 Å². The van der Waals surface area contributed by atoms with Gasteiger partial charge in [-0.15, -0.1) is 0 Å². The summed E-state index contributed by atoms with van der Waals surface area (Å²) in [5.41, 5.74) is 2.44. The van der Waals surface area contributed by atoms with Crippen LogP contribution in [0.4, 0.5) is 0 Å². The highest BCUT2D eigenvalue weighted by atomic mass is 35.5. The molecule has 1 N–H and O–H groups in total.